The summed E-state index contributed by atoms with van der Waals surface area (Å²) in [5.74, 6) is -0.537. The lowest BCUT2D eigenvalue weighted by atomic mass is 10.2. The first-order valence-electron chi connectivity index (χ1n) is 6.40. The van der Waals surface area contributed by atoms with Gasteiger partial charge < -0.3 is 10.6 Å². The fraction of sp³-hybridized carbons (Fsp3) is 0.500. The van der Waals surface area contributed by atoms with Crippen molar-refractivity contribution in [3.05, 3.63) is 35.4 Å². The van der Waals surface area contributed by atoms with Crippen LogP contribution < -0.4 is 10.6 Å². The molecule has 0 radical (unpaired) electrons. The van der Waals surface area contributed by atoms with E-state index in [2.05, 4.69) is 10.6 Å². The van der Waals surface area contributed by atoms with E-state index in [0.717, 1.165) is 18.2 Å². The second-order valence-corrected chi connectivity index (χ2v) is 4.86. The first-order chi connectivity index (χ1) is 8.99. The fourth-order valence-electron chi connectivity index (χ4n) is 1.51. The molecule has 0 aliphatic heterocycles. The lowest BCUT2D eigenvalue weighted by Gasteiger charge is -2.08. The Hall–Kier alpha value is -1.49. The van der Waals surface area contributed by atoms with Gasteiger partial charge in [0, 0.05) is 31.6 Å². The van der Waals surface area contributed by atoms with E-state index in [-0.39, 0.29) is 18.0 Å². The Balaban J connectivity index is 2.23. The van der Waals surface area contributed by atoms with Crippen LogP contribution in [-0.4, -0.2) is 19.0 Å². The summed E-state index contributed by atoms with van der Waals surface area (Å²) in [6, 6.07) is 3.33. The molecule has 0 aliphatic rings. The van der Waals surface area contributed by atoms with Crippen molar-refractivity contribution in [1.29, 1.82) is 0 Å². The Morgan fingerprint density at radius 3 is 2.74 bits per heavy atom. The largest absolute Gasteiger partial charge is 0.356 e. The zero-order valence-electron chi connectivity index (χ0n) is 11.3. The van der Waals surface area contributed by atoms with Crippen LogP contribution in [0.15, 0.2) is 18.2 Å². The normalized spacial score (nSPS) is 10.8. The van der Waals surface area contributed by atoms with E-state index in [1.165, 1.54) is 0 Å². The summed E-state index contributed by atoms with van der Waals surface area (Å²) in [5, 5.41) is 5.71. The Morgan fingerprint density at radius 1 is 1.32 bits per heavy atom. The van der Waals surface area contributed by atoms with E-state index in [1.807, 2.05) is 13.8 Å². The van der Waals surface area contributed by atoms with Crippen molar-refractivity contribution in [2.75, 3.05) is 13.1 Å². The van der Waals surface area contributed by atoms with Gasteiger partial charge >= 0.3 is 0 Å². The highest BCUT2D eigenvalue weighted by atomic mass is 19.1. The van der Waals surface area contributed by atoms with E-state index in [9.17, 15) is 13.6 Å². The molecular weight excluding hydrogens is 250 g/mol. The monoisotopic (exact) mass is 270 g/mol. The van der Waals surface area contributed by atoms with Gasteiger partial charge in [-0.2, -0.15) is 0 Å². The van der Waals surface area contributed by atoms with Gasteiger partial charge in [-0.25, -0.2) is 8.78 Å². The number of carbonyl (C=O) groups excluding carboxylic acids is 1. The number of amides is 1. The van der Waals surface area contributed by atoms with Crippen LogP contribution in [0.3, 0.4) is 0 Å². The molecule has 3 nitrogen and oxygen atoms in total. The van der Waals surface area contributed by atoms with Gasteiger partial charge in [0.25, 0.3) is 0 Å². The van der Waals surface area contributed by atoms with Gasteiger partial charge in [0.1, 0.15) is 11.6 Å². The predicted molar refractivity (Wildman–Crippen MR) is 70.5 cm³/mol. The lowest BCUT2D eigenvalue weighted by molar-refractivity contribution is -0.121. The van der Waals surface area contributed by atoms with Crippen molar-refractivity contribution in [1.82, 2.24) is 10.6 Å². The highest BCUT2D eigenvalue weighted by molar-refractivity contribution is 5.76. The van der Waals surface area contributed by atoms with E-state index in [4.69, 9.17) is 0 Å². The molecule has 0 heterocycles. The van der Waals surface area contributed by atoms with Gasteiger partial charge in [-0.05, 0) is 24.1 Å². The Labute approximate surface area is 112 Å². The standard InChI is InChI=1S/C14H20F2N2O/c1-10(2)8-18-14(19)5-6-17-9-11-7-12(15)3-4-13(11)16/h3-4,7,10,17H,5-6,8-9H2,1-2H3,(H,18,19). The van der Waals surface area contributed by atoms with Crippen molar-refractivity contribution in [2.45, 2.75) is 26.8 Å². The van der Waals surface area contributed by atoms with Crippen LogP contribution in [0.2, 0.25) is 0 Å². The van der Waals surface area contributed by atoms with Crippen LogP contribution in [0.25, 0.3) is 0 Å². The summed E-state index contributed by atoms with van der Waals surface area (Å²) >= 11 is 0. The maximum absolute atomic E-state index is 13.3. The maximum Gasteiger partial charge on any atom is 0.221 e. The Bertz CT molecular complexity index is 422. The smallest absolute Gasteiger partial charge is 0.221 e. The van der Waals surface area contributed by atoms with Gasteiger partial charge in [-0.15, -0.1) is 0 Å². The second-order valence-electron chi connectivity index (χ2n) is 4.86. The molecule has 19 heavy (non-hydrogen) atoms. The van der Waals surface area contributed by atoms with E-state index in [1.54, 1.807) is 0 Å². The molecule has 0 aliphatic carbocycles. The summed E-state index contributed by atoms with van der Waals surface area (Å²) in [7, 11) is 0. The van der Waals surface area contributed by atoms with Crippen LogP contribution >= 0.6 is 0 Å². The topological polar surface area (TPSA) is 41.1 Å². The molecule has 1 aromatic rings. The van der Waals surface area contributed by atoms with Gasteiger partial charge in [0.05, 0.1) is 0 Å². The second kappa shape index (κ2) is 7.84. The molecule has 1 aromatic carbocycles. The highest BCUT2D eigenvalue weighted by Crippen LogP contribution is 2.08. The molecule has 1 rings (SSSR count). The van der Waals surface area contributed by atoms with Crippen molar-refractivity contribution in [2.24, 2.45) is 5.92 Å². The number of nitrogens with one attached hydrogen (secondary N) is 2. The first-order valence-corrected chi connectivity index (χ1v) is 6.40. The van der Waals surface area contributed by atoms with Crippen LogP contribution in [0, 0.1) is 17.6 Å². The average Bonchev–Trinajstić information content (AvgIpc) is 2.36. The SMILES string of the molecule is CC(C)CNC(=O)CCNCc1cc(F)ccc1F. The number of rotatable bonds is 7. The molecule has 0 aromatic heterocycles. The molecule has 0 atom stereocenters. The molecule has 0 saturated heterocycles. The molecule has 2 N–H and O–H groups in total. The number of benzene rings is 1. The highest BCUT2D eigenvalue weighted by Gasteiger charge is 2.05. The van der Waals surface area contributed by atoms with Gasteiger partial charge in [0.2, 0.25) is 5.91 Å². The quantitative estimate of drug-likeness (QED) is 0.746. The Morgan fingerprint density at radius 2 is 2.05 bits per heavy atom. The third-order valence-electron chi connectivity index (χ3n) is 2.56. The zero-order chi connectivity index (χ0) is 14.3. The summed E-state index contributed by atoms with van der Waals surface area (Å²) < 4.78 is 26.2. The molecular formula is C14H20F2N2O. The van der Waals surface area contributed by atoms with Crippen LogP contribution in [-0.2, 0) is 11.3 Å². The summed E-state index contributed by atoms with van der Waals surface area (Å²) in [6.07, 6.45) is 0.323. The predicted octanol–water partition coefficient (Wildman–Crippen LogP) is 2.22. The number of halogens is 2. The third kappa shape index (κ3) is 6.29. The maximum atomic E-state index is 13.3. The molecule has 0 bridgehead atoms. The van der Waals surface area contributed by atoms with Crippen LogP contribution in [0.4, 0.5) is 8.78 Å². The number of hydrogen-bond acceptors (Lipinski definition) is 2. The fourth-order valence-corrected chi connectivity index (χ4v) is 1.51. The number of hydrogen-bond donors (Lipinski definition) is 2. The summed E-state index contributed by atoms with van der Waals surface area (Å²) in [6.45, 7) is 5.33. The van der Waals surface area contributed by atoms with Crippen molar-refractivity contribution >= 4 is 5.91 Å². The van der Waals surface area contributed by atoms with Crippen molar-refractivity contribution < 1.29 is 13.6 Å². The lowest BCUT2D eigenvalue weighted by Crippen LogP contribution is -2.30. The third-order valence-corrected chi connectivity index (χ3v) is 2.56. The van der Waals surface area contributed by atoms with Crippen molar-refractivity contribution in [3.63, 3.8) is 0 Å². The average molecular weight is 270 g/mol. The minimum absolute atomic E-state index is 0.0408. The Kier molecular flexibility index (Phi) is 6.42. The molecule has 106 valence electrons. The first kappa shape index (κ1) is 15.6. The zero-order valence-corrected chi connectivity index (χ0v) is 11.3. The molecule has 1 amide bonds. The van der Waals surface area contributed by atoms with E-state index >= 15 is 0 Å². The molecule has 0 saturated carbocycles. The minimum atomic E-state index is -0.465. The van der Waals surface area contributed by atoms with Gasteiger partial charge in [0.15, 0.2) is 0 Å². The van der Waals surface area contributed by atoms with Crippen molar-refractivity contribution in [3.8, 4) is 0 Å². The van der Waals surface area contributed by atoms with E-state index < -0.39 is 11.6 Å². The van der Waals surface area contributed by atoms with Gasteiger partial charge in [-0.3, -0.25) is 4.79 Å². The number of carbonyl (C=O) groups is 1. The molecule has 5 heteroatoms. The van der Waals surface area contributed by atoms with Crippen LogP contribution in [0.5, 0.6) is 0 Å². The summed E-state index contributed by atoms with van der Waals surface area (Å²) in [5.41, 5.74) is 0.266. The summed E-state index contributed by atoms with van der Waals surface area (Å²) in [4.78, 5) is 11.4. The van der Waals surface area contributed by atoms with Gasteiger partial charge in [-0.1, -0.05) is 13.8 Å². The minimum Gasteiger partial charge on any atom is -0.356 e. The molecule has 0 spiro atoms. The van der Waals surface area contributed by atoms with Crippen LogP contribution in [0.1, 0.15) is 25.8 Å². The van der Waals surface area contributed by atoms with E-state index in [0.29, 0.717) is 25.4 Å². The molecule has 0 fully saturated rings. The molecule has 0 unspecified atom stereocenters.